The second-order valence-electron chi connectivity index (χ2n) is 8.89. The van der Waals surface area contributed by atoms with Gasteiger partial charge in [-0.25, -0.2) is 0 Å². The van der Waals surface area contributed by atoms with E-state index in [1.807, 2.05) is 12.1 Å². The van der Waals surface area contributed by atoms with Crippen LogP contribution in [0, 0.1) is 19.8 Å². The van der Waals surface area contributed by atoms with E-state index < -0.39 is 0 Å². The fourth-order valence-corrected chi connectivity index (χ4v) is 4.15. The minimum atomic E-state index is -0.0420. The van der Waals surface area contributed by atoms with Crippen LogP contribution in [0.4, 0.5) is 0 Å². The Bertz CT molecular complexity index is 741. The molecule has 0 radical (unpaired) electrons. The van der Waals surface area contributed by atoms with Gasteiger partial charge in [-0.3, -0.25) is 4.79 Å². The SMILES string of the molecule is CC(=O)C(NCc1ccccc1C)C(C)C.Cc1ccc(C2CCCCC2)cc1. The largest absolute Gasteiger partial charge is 0.303 e. The van der Waals surface area contributed by atoms with E-state index in [-0.39, 0.29) is 11.8 Å². The highest BCUT2D eigenvalue weighted by molar-refractivity contribution is 5.81. The summed E-state index contributed by atoms with van der Waals surface area (Å²) in [4.78, 5) is 11.4. The molecule has 0 aromatic heterocycles. The smallest absolute Gasteiger partial charge is 0.146 e. The van der Waals surface area contributed by atoms with E-state index in [0.717, 1.165) is 12.5 Å². The van der Waals surface area contributed by atoms with Crippen molar-refractivity contribution in [1.29, 1.82) is 0 Å². The molecule has 0 heterocycles. The predicted octanol–water partition coefficient (Wildman–Crippen LogP) is 6.74. The molecular formula is C27H39NO. The third-order valence-corrected chi connectivity index (χ3v) is 6.03. The normalized spacial score (nSPS) is 15.5. The summed E-state index contributed by atoms with van der Waals surface area (Å²) in [7, 11) is 0. The summed E-state index contributed by atoms with van der Waals surface area (Å²) in [5.74, 6) is 1.40. The van der Waals surface area contributed by atoms with Gasteiger partial charge in [-0.05, 0) is 62.1 Å². The number of hydrogen-bond acceptors (Lipinski definition) is 2. The molecule has 3 rings (SSSR count). The van der Waals surface area contributed by atoms with Crippen molar-refractivity contribution in [3.8, 4) is 0 Å². The van der Waals surface area contributed by atoms with Crippen LogP contribution < -0.4 is 5.32 Å². The zero-order valence-corrected chi connectivity index (χ0v) is 19.0. The van der Waals surface area contributed by atoms with Crippen LogP contribution in [0.15, 0.2) is 48.5 Å². The molecule has 1 fully saturated rings. The number of nitrogens with one attached hydrogen (secondary N) is 1. The Morgan fingerprint density at radius 1 is 0.966 bits per heavy atom. The Kier molecular flexibility index (Phi) is 9.60. The molecule has 2 aromatic rings. The monoisotopic (exact) mass is 393 g/mol. The molecule has 29 heavy (non-hydrogen) atoms. The Morgan fingerprint density at radius 3 is 2.14 bits per heavy atom. The van der Waals surface area contributed by atoms with E-state index in [2.05, 4.69) is 69.4 Å². The number of carbonyl (C=O) groups excluding carboxylic acids is 1. The van der Waals surface area contributed by atoms with Crippen molar-refractivity contribution in [3.05, 3.63) is 70.8 Å². The highest BCUT2D eigenvalue weighted by atomic mass is 16.1. The zero-order chi connectivity index (χ0) is 21.2. The molecular weight excluding hydrogens is 354 g/mol. The molecule has 1 unspecified atom stereocenters. The second kappa shape index (κ2) is 11.9. The van der Waals surface area contributed by atoms with E-state index >= 15 is 0 Å². The third kappa shape index (κ3) is 7.78. The molecule has 0 saturated heterocycles. The first kappa shape index (κ1) is 23.3. The quantitative estimate of drug-likeness (QED) is 0.589. The van der Waals surface area contributed by atoms with E-state index in [1.165, 1.54) is 48.8 Å². The highest BCUT2D eigenvalue weighted by Crippen LogP contribution is 2.32. The van der Waals surface area contributed by atoms with Gasteiger partial charge in [0.1, 0.15) is 5.78 Å². The van der Waals surface area contributed by atoms with Crippen LogP contribution in [-0.2, 0) is 11.3 Å². The summed E-state index contributed by atoms with van der Waals surface area (Å²) in [5.41, 5.74) is 5.46. The first-order chi connectivity index (χ1) is 13.9. The van der Waals surface area contributed by atoms with E-state index in [4.69, 9.17) is 0 Å². The third-order valence-electron chi connectivity index (χ3n) is 6.03. The number of benzene rings is 2. The number of aryl methyl sites for hydroxylation is 2. The van der Waals surface area contributed by atoms with E-state index in [1.54, 1.807) is 12.5 Å². The maximum absolute atomic E-state index is 11.4. The van der Waals surface area contributed by atoms with Crippen molar-refractivity contribution >= 4 is 5.78 Å². The van der Waals surface area contributed by atoms with Crippen molar-refractivity contribution in [2.24, 2.45) is 5.92 Å². The van der Waals surface area contributed by atoms with Crippen LogP contribution in [0.1, 0.15) is 81.0 Å². The maximum Gasteiger partial charge on any atom is 0.146 e. The first-order valence-electron chi connectivity index (χ1n) is 11.2. The second-order valence-corrected chi connectivity index (χ2v) is 8.89. The minimum Gasteiger partial charge on any atom is -0.303 e. The number of rotatable bonds is 6. The van der Waals surface area contributed by atoms with Crippen LogP contribution in [0.5, 0.6) is 0 Å². The van der Waals surface area contributed by atoms with Gasteiger partial charge >= 0.3 is 0 Å². The lowest BCUT2D eigenvalue weighted by Crippen LogP contribution is -2.39. The first-order valence-corrected chi connectivity index (χ1v) is 11.2. The molecule has 1 aliphatic rings. The van der Waals surface area contributed by atoms with Gasteiger partial charge < -0.3 is 5.32 Å². The van der Waals surface area contributed by atoms with Gasteiger partial charge in [0.05, 0.1) is 6.04 Å². The zero-order valence-electron chi connectivity index (χ0n) is 19.0. The molecule has 1 N–H and O–H groups in total. The number of ketones is 1. The molecule has 1 saturated carbocycles. The summed E-state index contributed by atoms with van der Waals surface area (Å²) in [6.07, 6.45) is 7.12. The standard InChI is InChI=1S/C14H21NO.C13H18/c1-10(2)14(12(4)16)15-9-13-8-6-5-7-11(13)3;1-11-7-9-13(10-8-11)12-5-3-2-4-6-12/h5-8,10,14-15H,9H2,1-4H3;7-10,12H,2-6H2,1H3. The number of Topliss-reactive ketones (excluding diaryl/α,β-unsaturated/α-hetero) is 1. The Morgan fingerprint density at radius 2 is 1.59 bits per heavy atom. The van der Waals surface area contributed by atoms with Crippen molar-refractivity contribution < 1.29 is 4.79 Å². The fourth-order valence-electron chi connectivity index (χ4n) is 4.15. The highest BCUT2D eigenvalue weighted by Gasteiger charge is 2.17. The molecule has 1 atom stereocenters. The van der Waals surface area contributed by atoms with Crippen LogP contribution in [-0.4, -0.2) is 11.8 Å². The molecule has 0 bridgehead atoms. The molecule has 0 amide bonds. The minimum absolute atomic E-state index is 0.0420. The summed E-state index contributed by atoms with van der Waals surface area (Å²) < 4.78 is 0. The van der Waals surface area contributed by atoms with E-state index in [9.17, 15) is 4.79 Å². The molecule has 2 nitrogen and oxygen atoms in total. The Balaban J connectivity index is 0.000000211. The lowest BCUT2D eigenvalue weighted by Gasteiger charge is -2.21. The summed E-state index contributed by atoms with van der Waals surface area (Å²) >= 11 is 0. The van der Waals surface area contributed by atoms with Crippen molar-refractivity contribution in [2.45, 2.75) is 85.2 Å². The van der Waals surface area contributed by atoms with Gasteiger partial charge in [0.2, 0.25) is 0 Å². The Hall–Kier alpha value is -1.93. The topological polar surface area (TPSA) is 29.1 Å². The van der Waals surface area contributed by atoms with Crippen LogP contribution in [0.2, 0.25) is 0 Å². The summed E-state index contributed by atoms with van der Waals surface area (Å²) in [6.45, 7) is 10.8. The fraction of sp³-hybridized carbons (Fsp3) is 0.519. The maximum atomic E-state index is 11.4. The van der Waals surface area contributed by atoms with E-state index in [0.29, 0.717) is 5.92 Å². The predicted molar refractivity (Wildman–Crippen MR) is 124 cm³/mol. The van der Waals surface area contributed by atoms with Gasteiger partial charge in [0, 0.05) is 6.54 Å². The van der Waals surface area contributed by atoms with Crippen molar-refractivity contribution in [1.82, 2.24) is 5.32 Å². The van der Waals surface area contributed by atoms with Gasteiger partial charge in [0.15, 0.2) is 0 Å². The van der Waals surface area contributed by atoms with Gasteiger partial charge in [-0.15, -0.1) is 0 Å². The van der Waals surface area contributed by atoms with Crippen LogP contribution >= 0.6 is 0 Å². The van der Waals surface area contributed by atoms with Gasteiger partial charge in [0.25, 0.3) is 0 Å². The number of hydrogen-bond donors (Lipinski definition) is 1. The van der Waals surface area contributed by atoms with Crippen LogP contribution in [0.25, 0.3) is 0 Å². The van der Waals surface area contributed by atoms with Gasteiger partial charge in [-0.1, -0.05) is 87.2 Å². The molecule has 158 valence electrons. The Labute approximate surface area is 178 Å². The van der Waals surface area contributed by atoms with Crippen molar-refractivity contribution in [2.75, 3.05) is 0 Å². The molecule has 1 aliphatic carbocycles. The molecule has 0 aliphatic heterocycles. The average molecular weight is 394 g/mol. The summed E-state index contributed by atoms with van der Waals surface area (Å²) in [6, 6.07) is 17.3. The molecule has 2 heteroatoms. The average Bonchev–Trinajstić information content (AvgIpc) is 2.71. The number of carbonyl (C=O) groups is 1. The lowest BCUT2D eigenvalue weighted by molar-refractivity contribution is -0.120. The molecule has 0 spiro atoms. The van der Waals surface area contributed by atoms with Gasteiger partial charge in [-0.2, -0.15) is 0 Å². The van der Waals surface area contributed by atoms with Crippen LogP contribution in [0.3, 0.4) is 0 Å². The van der Waals surface area contributed by atoms with Crippen molar-refractivity contribution in [3.63, 3.8) is 0 Å². The lowest BCUT2D eigenvalue weighted by atomic mass is 9.84. The molecule has 2 aromatic carbocycles. The summed E-state index contributed by atoms with van der Waals surface area (Å²) in [5, 5.41) is 3.33.